The van der Waals surface area contributed by atoms with Crippen molar-refractivity contribution in [3.8, 4) is 33.6 Å². The summed E-state index contributed by atoms with van der Waals surface area (Å²) in [5, 5.41) is 10.2. The van der Waals surface area contributed by atoms with Gasteiger partial charge in [0.1, 0.15) is 0 Å². The highest BCUT2D eigenvalue weighted by Gasteiger charge is 2.19. The molecule has 0 radical (unpaired) electrons. The number of rotatable bonds is 4. The van der Waals surface area contributed by atoms with Crippen LogP contribution in [0.3, 0.4) is 0 Å². The third kappa shape index (κ3) is 4.60. The van der Waals surface area contributed by atoms with E-state index in [9.17, 15) is 0 Å². The van der Waals surface area contributed by atoms with Gasteiger partial charge in [-0.25, -0.2) is 0 Å². The van der Waals surface area contributed by atoms with E-state index in [1.54, 1.807) is 0 Å². The number of nitrogens with zero attached hydrogens (tertiary/aromatic N) is 2. The molecule has 3 aromatic heterocycles. The smallest absolute Gasteiger partial charge is 0.0619 e. The Morgan fingerprint density at radius 2 is 0.836 bits per heavy atom. The van der Waals surface area contributed by atoms with Gasteiger partial charge in [-0.2, -0.15) is 0 Å². The van der Waals surface area contributed by atoms with E-state index >= 15 is 0 Å². The Hall–Kier alpha value is -6.94. The molecule has 3 heteroatoms. The van der Waals surface area contributed by atoms with Crippen LogP contribution in [0.5, 0.6) is 0 Å². The molecule has 256 valence electrons. The van der Waals surface area contributed by atoms with Crippen molar-refractivity contribution in [2.45, 2.75) is 0 Å². The van der Waals surface area contributed by atoms with Crippen molar-refractivity contribution in [3.63, 3.8) is 0 Å². The number of aromatic nitrogens is 2. The first-order valence-corrected chi connectivity index (χ1v) is 19.7. The van der Waals surface area contributed by atoms with Gasteiger partial charge in [-0.05, 0) is 94.4 Å². The largest absolute Gasteiger partial charge is 0.309 e. The van der Waals surface area contributed by atoms with Crippen molar-refractivity contribution < 1.29 is 0 Å². The average Bonchev–Trinajstić information content (AvgIpc) is 3.91. The van der Waals surface area contributed by atoms with Crippen LogP contribution in [0.4, 0.5) is 0 Å². The average molecular weight is 717 g/mol. The van der Waals surface area contributed by atoms with Gasteiger partial charge in [0.2, 0.25) is 0 Å². The number of fused-ring (bicyclic) bond motifs is 11. The summed E-state index contributed by atoms with van der Waals surface area (Å²) >= 11 is 1.87. The molecule has 0 fully saturated rings. The van der Waals surface area contributed by atoms with Crippen LogP contribution in [0.25, 0.3) is 108 Å². The number of hydrogen-bond acceptors (Lipinski definition) is 1. The molecular weight excluding hydrogens is 685 g/mol. The van der Waals surface area contributed by atoms with Crippen molar-refractivity contribution in [2.24, 2.45) is 0 Å². The molecule has 2 nitrogen and oxygen atoms in total. The molecule has 0 unspecified atom stereocenters. The molecule has 0 bridgehead atoms. The summed E-state index contributed by atoms with van der Waals surface area (Å²) in [5.41, 5.74) is 12.1. The molecule has 0 aliphatic rings. The van der Waals surface area contributed by atoms with Gasteiger partial charge in [-0.15, -0.1) is 11.3 Å². The minimum Gasteiger partial charge on any atom is -0.309 e. The van der Waals surface area contributed by atoms with Crippen molar-refractivity contribution in [1.82, 2.24) is 9.13 Å². The van der Waals surface area contributed by atoms with Gasteiger partial charge in [0, 0.05) is 58.5 Å². The lowest BCUT2D eigenvalue weighted by molar-refractivity contribution is 1.18. The quantitative estimate of drug-likeness (QED) is 0.172. The van der Waals surface area contributed by atoms with Gasteiger partial charge in [-0.1, -0.05) is 127 Å². The van der Waals surface area contributed by atoms with E-state index in [1.807, 2.05) is 11.3 Å². The first-order chi connectivity index (χ1) is 27.3. The fourth-order valence-corrected chi connectivity index (χ4v) is 10.1. The zero-order chi connectivity index (χ0) is 36.0. The molecule has 0 aliphatic carbocycles. The minimum atomic E-state index is 1.16. The van der Waals surface area contributed by atoms with Crippen LogP contribution in [-0.2, 0) is 0 Å². The lowest BCUT2D eigenvalue weighted by Gasteiger charge is -2.11. The molecule has 0 spiro atoms. The maximum absolute atomic E-state index is 2.49. The first-order valence-electron chi connectivity index (χ1n) is 18.8. The third-order valence-electron chi connectivity index (χ3n) is 11.5. The Kier molecular flexibility index (Phi) is 6.54. The molecule has 12 rings (SSSR count). The van der Waals surface area contributed by atoms with E-state index < -0.39 is 0 Å². The molecule has 12 aromatic rings. The Morgan fingerprint density at radius 3 is 1.56 bits per heavy atom. The zero-order valence-corrected chi connectivity index (χ0v) is 30.6. The summed E-state index contributed by atoms with van der Waals surface area (Å²) in [4.78, 5) is 0. The Balaban J connectivity index is 1.09. The van der Waals surface area contributed by atoms with Crippen LogP contribution in [0.15, 0.2) is 194 Å². The van der Waals surface area contributed by atoms with Crippen LogP contribution in [0.2, 0.25) is 0 Å². The van der Waals surface area contributed by atoms with Crippen LogP contribution in [-0.4, -0.2) is 9.13 Å². The normalized spacial score (nSPS) is 12.0. The van der Waals surface area contributed by atoms with Crippen LogP contribution < -0.4 is 0 Å². The molecule has 0 aliphatic heterocycles. The molecular formula is C52H32N2S. The lowest BCUT2D eigenvalue weighted by Crippen LogP contribution is -1.94. The summed E-state index contributed by atoms with van der Waals surface area (Å²) < 4.78 is 7.53. The summed E-state index contributed by atoms with van der Waals surface area (Å²) in [6, 6.07) is 71.5. The minimum absolute atomic E-state index is 1.16. The van der Waals surface area contributed by atoms with E-state index in [0.29, 0.717) is 0 Å². The standard InChI is InChI=1S/C52H32N2S/c1-3-11-33(12-4-1)35-20-26-47-45(29-35)46-31-37(21-27-48(46)53(47)38-14-5-2-6-15-38)36-22-28-49-44(30-36)43-24-19-34-13-7-8-16-40(34)52(43)54(49)39-23-25-42-41-17-9-10-18-50(41)55-51(42)32-39/h1-32H. The molecule has 0 N–H and O–H groups in total. The lowest BCUT2D eigenvalue weighted by atomic mass is 9.99. The SMILES string of the molecule is c1ccc(-c2ccc3c(c2)c2cc(-c4ccc5c(c4)c4ccc6ccccc6c4n5-c4ccc5c(c4)sc4ccccc45)ccc2n3-c2ccccc2)cc1. The molecule has 0 atom stereocenters. The van der Waals surface area contributed by atoms with E-state index in [-0.39, 0.29) is 0 Å². The van der Waals surface area contributed by atoms with Crippen molar-refractivity contribution >= 4 is 85.9 Å². The number of benzene rings is 9. The zero-order valence-electron chi connectivity index (χ0n) is 29.8. The topological polar surface area (TPSA) is 9.86 Å². The third-order valence-corrected chi connectivity index (χ3v) is 12.6. The predicted molar refractivity (Wildman–Crippen MR) is 236 cm³/mol. The van der Waals surface area contributed by atoms with Gasteiger partial charge < -0.3 is 9.13 Å². The molecule has 0 saturated heterocycles. The Bertz CT molecular complexity index is 3470. The van der Waals surface area contributed by atoms with Crippen molar-refractivity contribution in [1.29, 1.82) is 0 Å². The van der Waals surface area contributed by atoms with Gasteiger partial charge in [0.15, 0.2) is 0 Å². The predicted octanol–water partition coefficient (Wildman–Crippen LogP) is 14.7. The molecule has 55 heavy (non-hydrogen) atoms. The van der Waals surface area contributed by atoms with E-state index in [4.69, 9.17) is 0 Å². The first kappa shape index (κ1) is 30.5. The van der Waals surface area contributed by atoms with Gasteiger partial charge in [0.05, 0.1) is 22.1 Å². The van der Waals surface area contributed by atoms with Gasteiger partial charge in [-0.3, -0.25) is 0 Å². The summed E-state index contributed by atoms with van der Waals surface area (Å²) in [5.74, 6) is 0. The van der Waals surface area contributed by atoms with Crippen LogP contribution in [0.1, 0.15) is 0 Å². The maximum Gasteiger partial charge on any atom is 0.0619 e. The second-order valence-electron chi connectivity index (χ2n) is 14.5. The van der Waals surface area contributed by atoms with E-state index in [1.165, 1.54) is 102 Å². The highest BCUT2D eigenvalue weighted by atomic mass is 32.1. The van der Waals surface area contributed by atoms with E-state index in [2.05, 4.69) is 203 Å². The summed E-state index contributed by atoms with van der Waals surface area (Å²) in [6.45, 7) is 0. The fraction of sp³-hybridized carbons (Fsp3) is 0. The van der Waals surface area contributed by atoms with Crippen molar-refractivity contribution in [2.75, 3.05) is 0 Å². The molecule has 3 heterocycles. The van der Waals surface area contributed by atoms with E-state index in [0.717, 1.165) is 5.69 Å². The number of thiophene rings is 1. The number of para-hydroxylation sites is 1. The second kappa shape index (κ2) is 11.8. The van der Waals surface area contributed by atoms with Gasteiger partial charge in [0.25, 0.3) is 0 Å². The fourth-order valence-electron chi connectivity index (χ4n) is 8.95. The van der Waals surface area contributed by atoms with Crippen LogP contribution in [0, 0.1) is 0 Å². The summed E-state index contributed by atoms with van der Waals surface area (Å²) in [6.07, 6.45) is 0. The Morgan fingerprint density at radius 1 is 0.291 bits per heavy atom. The molecule has 9 aromatic carbocycles. The van der Waals surface area contributed by atoms with Crippen LogP contribution >= 0.6 is 11.3 Å². The van der Waals surface area contributed by atoms with Crippen molar-refractivity contribution in [3.05, 3.63) is 194 Å². The van der Waals surface area contributed by atoms with Gasteiger partial charge >= 0.3 is 0 Å². The summed E-state index contributed by atoms with van der Waals surface area (Å²) in [7, 11) is 0. The maximum atomic E-state index is 2.49. The molecule has 0 saturated carbocycles. The number of hydrogen-bond donors (Lipinski definition) is 0. The highest BCUT2D eigenvalue weighted by molar-refractivity contribution is 7.25. The molecule has 0 amide bonds. The Labute approximate surface area is 321 Å². The monoisotopic (exact) mass is 716 g/mol. The highest BCUT2D eigenvalue weighted by Crippen LogP contribution is 2.42. The second-order valence-corrected chi connectivity index (χ2v) is 15.6.